The Morgan fingerprint density at radius 1 is 0.382 bits per heavy atom. The molecule has 0 radical (unpaired) electrons. The fourth-order valence-corrected chi connectivity index (χ4v) is 8.73. The number of carbonyl (C=O) groups excluding carboxylic acids is 7. The third kappa shape index (κ3) is 17.8. The van der Waals surface area contributed by atoms with Crippen LogP contribution in [0.5, 0.6) is 0 Å². The summed E-state index contributed by atoms with van der Waals surface area (Å²) < 4.78 is 67.8. The average molecular weight is 1050 g/mol. The topological polar surface area (TPSA) is 221 Å². The third-order valence-corrected chi connectivity index (χ3v) is 12.5. The smallest absolute Gasteiger partial charge is 0.338 e. The summed E-state index contributed by atoms with van der Waals surface area (Å²) in [5, 5.41) is 0. The highest BCUT2D eigenvalue weighted by atomic mass is 16.8. The van der Waals surface area contributed by atoms with Gasteiger partial charge < -0.3 is 52.1 Å². The molecule has 18 nitrogen and oxygen atoms in total. The summed E-state index contributed by atoms with van der Waals surface area (Å²) in [6.45, 7) is 4.51. The number of carbonyl (C=O) groups is 7. The summed E-state index contributed by atoms with van der Waals surface area (Å²) in [6.07, 6.45) is -6.15. The fourth-order valence-electron chi connectivity index (χ4n) is 8.73. The first-order chi connectivity index (χ1) is 36.8. The number of hydrogen-bond donors (Lipinski definition) is 0. The van der Waals surface area contributed by atoms with E-state index >= 15 is 0 Å². The van der Waals surface area contributed by atoms with Gasteiger partial charge in [0, 0.05) is 27.4 Å². The molecule has 4 aromatic carbocycles. The maximum Gasteiger partial charge on any atom is 0.338 e. The maximum absolute atomic E-state index is 14.3. The molecule has 2 aliphatic heterocycles. The van der Waals surface area contributed by atoms with Gasteiger partial charge in [-0.2, -0.15) is 0 Å². The molecular formula is C58H68O18. The van der Waals surface area contributed by atoms with Gasteiger partial charge in [0.15, 0.2) is 43.1 Å². The molecule has 2 aliphatic rings. The number of esters is 7. The van der Waals surface area contributed by atoms with Crippen LogP contribution in [0.2, 0.25) is 0 Å². The van der Waals surface area contributed by atoms with E-state index in [0.29, 0.717) is 6.42 Å². The van der Waals surface area contributed by atoms with Crippen molar-refractivity contribution >= 4 is 41.8 Å². The Morgan fingerprint density at radius 2 is 0.750 bits per heavy atom. The van der Waals surface area contributed by atoms with Crippen molar-refractivity contribution in [2.24, 2.45) is 0 Å². The van der Waals surface area contributed by atoms with Gasteiger partial charge in [0.05, 0.1) is 22.3 Å². The van der Waals surface area contributed by atoms with E-state index in [-0.39, 0.29) is 28.9 Å². The second kappa shape index (κ2) is 30.5. The van der Waals surface area contributed by atoms with Gasteiger partial charge in [-0.1, -0.05) is 138 Å². The molecule has 0 amide bonds. The summed E-state index contributed by atoms with van der Waals surface area (Å²) in [5.74, 6) is -6.07. The monoisotopic (exact) mass is 1050 g/mol. The van der Waals surface area contributed by atoms with E-state index in [1.165, 1.54) is 81.1 Å². The molecule has 0 aromatic heterocycles. The molecule has 6 rings (SSSR count). The summed E-state index contributed by atoms with van der Waals surface area (Å²) in [7, 11) is 0. The van der Waals surface area contributed by atoms with E-state index in [0.717, 1.165) is 46.0 Å². The van der Waals surface area contributed by atoms with Gasteiger partial charge in [0.2, 0.25) is 0 Å². The molecule has 2 heterocycles. The Kier molecular flexibility index (Phi) is 23.4. The SMILES string of the molecule is CCCCCCCCCCCCO[C@@H]1O[C@H](COC(C)=O)[C@@H](OC(C)=O)[C@H](O[C@@H]2O[C@H](COC(=O)c3ccccc3)[C@@H](OC(=O)c3ccccc3)[C@H](OC(=O)c3ccccc3)[C@H]2OC(=O)c2ccccc2)[C@H]1OC(C)=O. The predicted molar refractivity (Wildman–Crippen MR) is 271 cm³/mol. The van der Waals surface area contributed by atoms with Crippen molar-refractivity contribution in [1.82, 2.24) is 0 Å². The van der Waals surface area contributed by atoms with Gasteiger partial charge in [-0.05, 0) is 55.0 Å². The van der Waals surface area contributed by atoms with Gasteiger partial charge in [-0.3, -0.25) is 14.4 Å². The normalized spacial score (nSPS) is 23.0. The van der Waals surface area contributed by atoms with Crippen LogP contribution in [-0.4, -0.2) is 123 Å². The van der Waals surface area contributed by atoms with Crippen LogP contribution in [0.4, 0.5) is 0 Å². The van der Waals surface area contributed by atoms with Crippen LogP contribution in [0.15, 0.2) is 121 Å². The predicted octanol–water partition coefficient (Wildman–Crippen LogP) is 8.72. The zero-order valence-corrected chi connectivity index (χ0v) is 43.4. The molecule has 0 unspecified atom stereocenters. The van der Waals surface area contributed by atoms with Crippen LogP contribution >= 0.6 is 0 Å². The van der Waals surface area contributed by atoms with Crippen LogP contribution in [0.25, 0.3) is 0 Å². The number of hydrogen-bond acceptors (Lipinski definition) is 18. The molecule has 0 aliphatic carbocycles. The average Bonchev–Trinajstić information content (AvgIpc) is 3.44. The van der Waals surface area contributed by atoms with Crippen molar-refractivity contribution in [2.45, 2.75) is 153 Å². The van der Waals surface area contributed by atoms with E-state index in [1.54, 1.807) is 72.8 Å². The lowest BCUT2D eigenvalue weighted by Gasteiger charge is -2.48. The third-order valence-electron chi connectivity index (χ3n) is 12.5. The second-order valence-corrected chi connectivity index (χ2v) is 18.4. The highest BCUT2D eigenvalue weighted by Crippen LogP contribution is 2.37. The first-order valence-corrected chi connectivity index (χ1v) is 25.9. The van der Waals surface area contributed by atoms with Crippen LogP contribution in [0, 0.1) is 0 Å². The lowest BCUT2D eigenvalue weighted by atomic mass is 9.95. The minimum Gasteiger partial charge on any atom is -0.463 e. The molecule has 408 valence electrons. The van der Waals surface area contributed by atoms with Gasteiger partial charge in [0.1, 0.15) is 31.5 Å². The van der Waals surface area contributed by atoms with Crippen LogP contribution < -0.4 is 0 Å². The molecule has 2 fully saturated rings. The Bertz CT molecular complexity index is 2450. The Balaban J connectivity index is 1.43. The Morgan fingerprint density at radius 3 is 1.21 bits per heavy atom. The van der Waals surface area contributed by atoms with Gasteiger partial charge in [0.25, 0.3) is 0 Å². The van der Waals surface area contributed by atoms with Crippen LogP contribution in [0.3, 0.4) is 0 Å². The summed E-state index contributed by atoms with van der Waals surface area (Å²) in [4.78, 5) is 94.9. The first kappa shape index (κ1) is 58.3. The van der Waals surface area contributed by atoms with Crippen molar-refractivity contribution in [3.63, 3.8) is 0 Å². The minimum absolute atomic E-state index is 0.0367. The van der Waals surface area contributed by atoms with Crippen molar-refractivity contribution in [2.75, 3.05) is 19.8 Å². The minimum atomic E-state index is -1.95. The highest BCUT2D eigenvalue weighted by Gasteiger charge is 2.58. The molecular weight excluding hydrogens is 985 g/mol. The second-order valence-electron chi connectivity index (χ2n) is 18.4. The van der Waals surface area contributed by atoms with Gasteiger partial charge in [-0.15, -0.1) is 0 Å². The number of ether oxygens (including phenoxy) is 11. The molecule has 0 spiro atoms. The summed E-state index contributed by atoms with van der Waals surface area (Å²) >= 11 is 0. The number of unbranched alkanes of at least 4 members (excludes halogenated alkanes) is 9. The Hall–Kier alpha value is -6.99. The van der Waals surface area contributed by atoms with E-state index in [2.05, 4.69) is 6.92 Å². The largest absolute Gasteiger partial charge is 0.463 e. The number of rotatable bonds is 27. The van der Waals surface area contributed by atoms with E-state index in [1.807, 2.05) is 0 Å². The molecule has 18 heteroatoms. The fraction of sp³-hybridized carbons (Fsp3) is 0.466. The lowest BCUT2D eigenvalue weighted by molar-refractivity contribution is -0.359. The van der Waals surface area contributed by atoms with E-state index in [9.17, 15) is 33.6 Å². The van der Waals surface area contributed by atoms with E-state index < -0.39 is 116 Å². The van der Waals surface area contributed by atoms with Crippen LogP contribution in [0.1, 0.15) is 133 Å². The maximum atomic E-state index is 14.3. The Labute approximate surface area is 442 Å². The van der Waals surface area contributed by atoms with Crippen molar-refractivity contribution < 1.29 is 85.7 Å². The quantitative estimate of drug-likeness (QED) is 0.0309. The zero-order valence-electron chi connectivity index (χ0n) is 43.4. The molecule has 0 N–H and O–H groups in total. The molecule has 0 saturated carbocycles. The van der Waals surface area contributed by atoms with Crippen LogP contribution in [-0.2, 0) is 66.5 Å². The van der Waals surface area contributed by atoms with Gasteiger partial charge in [-0.25, -0.2) is 19.2 Å². The molecule has 10 atom stereocenters. The lowest BCUT2D eigenvalue weighted by Crippen LogP contribution is -2.67. The standard InChI is InChI=1S/C58H68O18/c1-5-6-7-8-9-10-11-12-13-26-35-66-57-51(70-40(4)61)50(47(69-39(3)60)45(71-57)36-67-38(2)59)76-58-52(75-56(65)44-33-24-17-25-34-44)49(74-55(64)43-31-22-16-23-32-43)48(73-54(63)42-29-20-15-21-30-42)46(72-58)37-68-53(62)41-27-18-14-19-28-41/h14-25,27-34,45-52,57-58H,5-13,26,35-37H2,1-4H3/t45-,46-,47-,48-,49+,50+,51-,52-,57-,58+/m1/s1. The molecule has 2 saturated heterocycles. The first-order valence-electron chi connectivity index (χ1n) is 25.9. The summed E-state index contributed by atoms with van der Waals surface area (Å²) in [6, 6.07) is 31.4. The molecule has 76 heavy (non-hydrogen) atoms. The zero-order chi connectivity index (χ0) is 54.2. The van der Waals surface area contributed by atoms with Crippen molar-refractivity contribution in [3.8, 4) is 0 Å². The molecule has 4 aromatic rings. The van der Waals surface area contributed by atoms with Gasteiger partial charge >= 0.3 is 41.8 Å². The summed E-state index contributed by atoms with van der Waals surface area (Å²) in [5.41, 5.74) is 0.314. The van der Waals surface area contributed by atoms with E-state index in [4.69, 9.17) is 52.1 Å². The van der Waals surface area contributed by atoms with Crippen molar-refractivity contribution in [3.05, 3.63) is 144 Å². The highest BCUT2D eigenvalue weighted by molar-refractivity contribution is 5.91. The van der Waals surface area contributed by atoms with Crippen molar-refractivity contribution in [1.29, 1.82) is 0 Å². The molecule has 0 bridgehead atoms. The number of benzene rings is 4.